The third-order valence-electron chi connectivity index (χ3n) is 2.07. The lowest BCUT2D eigenvalue weighted by molar-refractivity contribution is -0.137. The molecule has 0 aromatic heterocycles. The highest BCUT2D eigenvalue weighted by Gasteiger charge is 2.29. The van der Waals surface area contributed by atoms with E-state index in [0.29, 0.717) is 25.7 Å². The second-order valence-electron chi connectivity index (χ2n) is 3.89. The van der Waals surface area contributed by atoms with Crippen LogP contribution in [0.15, 0.2) is 0 Å². The lowest BCUT2D eigenvalue weighted by atomic mass is 10.1. The first-order valence-corrected chi connectivity index (χ1v) is 7.13. The Bertz CT molecular complexity index is 370. The standard InChI is InChI=1S/C9H17F3N2O4S/c10-9(11,12)7-14-19(17,18)13-6-4-2-1-3-5-8(15)16/h13-14H,1-7H2,(H,15,16). The molecular weight excluding hydrogens is 289 g/mol. The number of alkyl halides is 3. The molecule has 0 aromatic rings. The molecule has 0 saturated carbocycles. The van der Waals surface area contributed by atoms with Gasteiger partial charge in [0.15, 0.2) is 0 Å². The smallest absolute Gasteiger partial charge is 0.402 e. The molecule has 6 nitrogen and oxygen atoms in total. The van der Waals surface area contributed by atoms with Crippen LogP contribution in [0.3, 0.4) is 0 Å². The number of halogens is 3. The van der Waals surface area contributed by atoms with Crippen molar-refractivity contribution in [2.24, 2.45) is 0 Å². The molecule has 114 valence electrons. The summed E-state index contributed by atoms with van der Waals surface area (Å²) in [5, 5.41) is 8.36. The highest BCUT2D eigenvalue weighted by Crippen LogP contribution is 2.12. The van der Waals surface area contributed by atoms with Crippen molar-refractivity contribution in [3.05, 3.63) is 0 Å². The zero-order chi connectivity index (χ0) is 14.9. The zero-order valence-electron chi connectivity index (χ0n) is 10.2. The average Bonchev–Trinajstić information content (AvgIpc) is 2.24. The summed E-state index contributed by atoms with van der Waals surface area (Å²) in [5.74, 6) is -0.892. The van der Waals surface area contributed by atoms with E-state index in [0.717, 1.165) is 0 Å². The van der Waals surface area contributed by atoms with E-state index in [1.807, 2.05) is 4.72 Å². The van der Waals surface area contributed by atoms with Gasteiger partial charge in [0.2, 0.25) is 0 Å². The van der Waals surface area contributed by atoms with Crippen molar-refractivity contribution < 1.29 is 31.5 Å². The van der Waals surface area contributed by atoms with Crippen LogP contribution in [0.4, 0.5) is 13.2 Å². The Morgan fingerprint density at radius 3 is 2.16 bits per heavy atom. The summed E-state index contributed by atoms with van der Waals surface area (Å²) < 4.78 is 60.8. The molecule has 19 heavy (non-hydrogen) atoms. The summed E-state index contributed by atoms with van der Waals surface area (Å²) >= 11 is 0. The highest BCUT2D eigenvalue weighted by atomic mass is 32.2. The van der Waals surface area contributed by atoms with E-state index in [1.165, 1.54) is 4.72 Å². The third kappa shape index (κ3) is 13.4. The molecule has 0 saturated heterocycles. The van der Waals surface area contributed by atoms with E-state index < -0.39 is 28.9 Å². The van der Waals surface area contributed by atoms with Gasteiger partial charge in [-0.2, -0.15) is 26.3 Å². The van der Waals surface area contributed by atoms with Gasteiger partial charge in [-0.05, 0) is 12.8 Å². The number of carboxylic acids is 1. The summed E-state index contributed by atoms with van der Waals surface area (Å²) in [4.78, 5) is 10.2. The van der Waals surface area contributed by atoms with Crippen molar-refractivity contribution in [1.29, 1.82) is 0 Å². The highest BCUT2D eigenvalue weighted by molar-refractivity contribution is 7.87. The molecule has 0 fully saturated rings. The van der Waals surface area contributed by atoms with E-state index >= 15 is 0 Å². The Morgan fingerprint density at radius 2 is 1.63 bits per heavy atom. The van der Waals surface area contributed by atoms with Gasteiger partial charge in [0.25, 0.3) is 10.2 Å². The molecule has 3 N–H and O–H groups in total. The van der Waals surface area contributed by atoms with E-state index in [2.05, 4.69) is 0 Å². The molecule has 10 heteroatoms. The van der Waals surface area contributed by atoms with Crippen LogP contribution in [-0.2, 0) is 15.0 Å². The minimum absolute atomic E-state index is 0.0141. The minimum atomic E-state index is -4.59. The van der Waals surface area contributed by atoms with Gasteiger partial charge < -0.3 is 5.11 Å². The van der Waals surface area contributed by atoms with Crippen LogP contribution in [-0.4, -0.2) is 38.8 Å². The number of aliphatic carboxylic acids is 1. The molecule has 0 bridgehead atoms. The van der Waals surface area contributed by atoms with Gasteiger partial charge in [0, 0.05) is 13.0 Å². The van der Waals surface area contributed by atoms with Gasteiger partial charge in [0.05, 0.1) is 0 Å². The van der Waals surface area contributed by atoms with E-state index in [-0.39, 0.29) is 13.0 Å². The van der Waals surface area contributed by atoms with Gasteiger partial charge in [0.1, 0.15) is 6.54 Å². The topological polar surface area (TPSA) is 95.5 Å². The van der Waals surface area contributed by atoms with Crippen molar-refractivity contribution in [1.82, 2.24) is 9.44 Å². The number of rotatable bonds is 10. The second-order valence-corrected chi connectivity index (χ2v) is 5.48. The van der Waals surface area contributed by atoms with E-state index in [9.17, 15) is 26.4 Å². The predicted octanol–water partition coefficient (Wildman–Crippen LogP) is 1.01. The van der Waals surface area contributed by atoms with Crippen molar-refractivity contribution >= 4 is 16.2 Å². The minimum Gasteiger partial charge on any atom is -0.481 e. The Morgan fingerprint density at radius 1 is 1.05 bits per heavy atom. The maximum Gasteiger partial charge on any atom is 0.402 e. The van der Waals surface area contributed by atoms with Gasteiger partial charge in [-0.25, -0.2) is 4.72 Å². The molecule has 0 aliphatic rings. The third-order valence-corrected chi connectivity index (χ3v) is 3.18. The first-order valence-electron chi connectivity index (χ1n) is 5.65. The molecule has 0 unspecified atom stereocenters. The molecule has 0 heterocycles. The predicted molar refractivity (Wildman–Crippen MR) is 61.7 cm³/mol. The van der Waals surface area contributed by atoms with Crippen LogP contribution in [0.2, 0.25) is 0 Å². The average molecular weight is 306 g/mol. The molecule has 0 aliphatic carbocycles. The van der Waals surface area contributed by atoms with Crippen LogP contribution in [0.25, 0.3) is 0 Å². The first-order chi connectivity index (χ1) is 8.62. The maximum atomic E-state index is 11.8. The lowest BCUT2D eigenvalue weighted by Crippen LogP contribution is -2.41. The molecular formula is C9H17F3N2O4S. The van der Waals surface area contributed by atoms with Crippen molar-refractivity contribution in [3.8, 4) is 0 Å². The number of carboxylic acid groups (broad SMARTS) is 1. The van der Waals surface area contributed by atoms with Gasteiger partial charge >= 0.3 is 12.1 Å². The summed E-state index contributed by atoms with van der Waals surface area (Å²) in [6.45, 7) is -1.60. The quantitative estimate of drug-likeness (QED) is 0.525. The molecule has 0 amide bonds. The monoisotopic (exact) mass is 306 g/mol. The fourth-order valence-corrected chi connectivity index (χ4v) is 2.06. The fourth-order valence-electron chi connectivity index (χ4n) is 1.19. The van der Waals surface area contributed by atoms with Crippen LogP contribution in [0.5, 0.6) is 0 Å². The Labute approximate surface area is 109 Å². The maximum absolute atomic E-state index is 11.8. The van der Waals surface area contributed by atoms with Gasteiger partial charge in [-0.15, -0.1) is 0 Å². The molecule has 0 atom stereocenters. The summed E-state index contributed by atoms with van der Waals surface area (Å²) in [7, 11) is -4.14. The lowest BCUT2D eigenvalue weighted by Gasteiger charge is -2.10. The Balaban J connectivity index is 3.62. The van der Waals surface area contributed by atoms with E-state index in [4.69, 9.17) is 5.11 Å². The normalized spacial score (nSPS) is 12.6. The summed E-state index contributed by atoms with van der Waals surface area (Å²) in [6, 6.07) is 0. The summed E-state index contributed by atoms with van der Waals surface area (Å²) in [5.41, 5.74) is 0. The van der Waals surface area contributed by atoms with Crippen LogP contribution in [0.1, 0.15) is 32.1 Å². The molecule has 0 aliphatic heterocycles. The van der Waals surface area contributed by atoms with Crippen LogP contribution >= 0.6 is 0 Å². The molecule has 0 radical (unpaired) electrons. The zero-order valence-corrected chi connectivity index (χ0v) is 11.0. The number of hydrogen-bond acceptors (Lipinski definition) is 3. The largest absolute Gasteiger partial charge is 0.481 e. The van der Waals surface area contributed by atoms with Crippen molar-refractivity contribution in [2.45, 2.75) is 38.3 Å². The second kappa shape index (κ2) is 8.33. The van der Waals surface area contributed by atoms with Crippen molar-refractivity contribution in [2.75, 3.05) is 13.1 Å². The van der Waals surface area contributed by atoms with E-state index in [1.54, 1.807) is 0 Å². The summed E-state index contributed by atoms with van der Waals surface area (Å²) in [6.07, 6.45) is -2.37. The first kappa shape index (κ1) is 18.1. The molecule has 0 aromatic carbocycles. The SMILES string of the molecule is O=C(O)CCCCCCNS(=O)(=O)NCC(F)(F)F. The Kier molecular flexibility index (Phi) is 7.95. The number of carbonyl (C=O) groups is 1. The molecule has 0 rings (SSSR count). The van der Waals surface area contributed by atoms with Gasteiger partial charge in [-0.1, -0.05) is 12.8 Å². The number of unbranched alkanes of at least 4 members (excludes halogenated alkanes) is 3. The van der Waals surface area contributed by atoms with Crippen LogP contribution < -0.4 is 9.44 Å². The van der Waals surface area contributed by atoms with Crippen molar-refractivity contribution in [3.63, 3.8) is 0 Å². The number of nitrogens with one attached hydrogen (secondary N) is 2. The Hall–Kier alpha value is -0.870. The van der Waals surface area contributed by atoms with Gasteiger partial charge in [-0.3, -0.25) is 4.79 Å². The number of hydrogen-bond donors (Lipinski definition) is 3. The van der Waals surface area contributed by atoms with Crippen LogP contribution in [0, 0.1) is 0 Å². The fraction of sp³-hybridized carbons (Fsp3) is 0.889. The molecule has 0 spiro atoms.